The number of carbonyl (C=O) groups is 1. The summed E-state index contributed by atoms with van der Waals surface area (Å²) in [6, 6.07) is 5.76. The van der Waals surface area contributed by atoms with E-state index in [0.29, 0.717) is 5.25 Å². The predicted molar refractivity (Wildman–Crippen MR) is 97.2 cm³/mol. The van der Waals surface area contributed by atoms with Gasteiger partial charge in [0.1, 0.15) is 0 Å². The fraction of sp³-hybridized carbons (Fsp3) is 0.588. The molecule has 2 amide bonds. The van der Waals surface area contributed by atoms with Crippen molar-refractivity contribution in [1.29, 1.82) is 0 Å². The van der Waals surface area contributed by atoms with Gasteiger partial charge in [0.25, 0.3) is 0 Å². The summed E-state index contributed by atoms with van der Waals surface area (Å²) >= 11 is 1.89. The zero-order chi connectivity index (χ0) is 17.1. The Morgan fingerprint density at radius 2 is 2.17 bits per heavy atom. The first-order chi connectivity index (χ1) is 11.6. The van der Waals surface area contributed by atoms with Gasteiger partial charge in [0.2, 0.25) is 0 Å². The summed E-state index contributed by atoms with van der Waals surface area (Å²) < 4.78 is 1.93. The minimum absolute atomic E-state index is 0.117. The van der Waals surface area contributed by atoms with Crippen LogP contribution in [0.2, 0.25) is 0 Å². The van der Waals surface area contributed by atoms with E-state index in [2.05, 4.69) is 40.9 Å². The number of urea groups is 1. The molecule has 2 aromatic rings. The summed E-state index contributed by atoms with van der Waals surface area (Å²) in [5.74, 6) is 0.982. The van der Waals surface area contributed by atoms with Crippen molar-refractivity contribution in [3.05, 3.63) is 30.2 Å². The zero-order valence-corrected chi connectivity index (χ0v) is 15.2. The van der Waals surface area contributed by atoms with Crippen molar-refractivity contribution in [2.45, 2.75) is 50.4 Å². The number of aromatic nitrogens is 3. The van der Waals surface area contributed by atoms with Gasteiger partial charge in [-0.05, 0) is 43.6 Å². The SMILES string of the molecule is CSC1CCC(NC(=O)NC(c2nnc3ccccn23)C(C)C)C1. The highest BCUT2D eigenvalue weighted by molar-refractivity contribution is 7.99. The highest BCUT2D eigenvalue weighted by Crippen LogP contribution is 2.28. The monoisotopic (exact) mass is 347 g/mol. The highest BCUT2D eigenvalue weighted by atomic mass is 32.2. The Morgan fingerprint density at radius 3 is 2.88 bits per heavy atom. The van der Waals surface area contributed by atoms with Crippen LogP contribution in [0.25, 0.3) is 5.65 Å². The van der Waals surface area contributed by atoms with Gasteiger partial charge in [-0.15, -0.1) is 10.2 Å². The molecule has 1 aliphatic rings. The number of thioether (sulfide) groups is 1. The molecule has 2 aromatic heterocycles. The maximum absolute atomic E-state index is 12.5. The van der Waals surface area contributed by atoms with Crippen LogP contribution in [-0.4, -0.2) is 38.2 Å². The molecule has 1 fully saturated rings. The third kappa shape index (κ3) is 3.66. The van der Waals surface area contributed by atoms with Crippen LogP contribution in [0.4, 0.5) is 4.79 Å². The normalized spacial score (nSPS) is 22.0. The van der Waals surface area contributed by atoms with Gasteiger partial charge in [0, 0.05) is 17.5 Å². The molecule has 6 nitrogen and oxygen atoms in total. The molecule has 0 aromatic carbocycles. The number of hydrogen-bond donors (Lipinski definition) is 2. The fourth-order valence-corrected chi connectivity index (χ4v) is 4.05. The lowest BCUT2D eigenvalue weighted by Crippen LogP contribution is -2.44. The second-order valence-corrected chi connectivity index (χ2v) is 7.83. The fourth-order valence-electron chi connectivity index (χ4n) is 3.25. The number of nitrogens with one attached hydrogen (secondary N) is 2. The summed E-state index contributed by atoms with van der Waals surface area (Å²) in [6.45, 7) is 4.16. The molecule has 0 bridgehead atoms. The molecular weight excluding hydrogens is 322 g/mol. The molecule has 3 unspecified atom stereocenters. The van der Waals surface area contributed by atoms with E-state index in [1.54, 1.807) is 0 Å². The van der Waals surface area contributed by atoms with Crippen LogP contribution < -0.4 is 10.6 Å². The van der Waals surface area contributed by atoms with E-state index in [4.69, 9.17) is 0 Å². The van der Waals surface area contributed by atoms with E-state index >= 15 is 0 Å². The molecule has 0 radical (unpaired) electrons. The summed E-state index contributed by atoms with van der Waals surface area (Å²) in [4.78, 5) is 12.5. The Kier molecular flexibility index (Phi) is 5.28. The van der Waals surface area contributed by atoms with Crippen LogP contribution in [0.5, 0.6) is 0 Å². The summed E-state index contributed by atoms with van der Waals surface area (Å²) in [6.07, 6.45) is 7.35. The minimum atomic E-state index is -0.180. The third-order valence-corrected chi connectivity index (χ3v) is 5.72. The van der Waals surface area contributed by atoms with Crippen LogP contribution in [0.15, 0.2) is 24.4 Å². The topological polar surface area (TPSA) is 71.3 Å². The average molecular weight is 347 g/mol. The average Bonchev–Trinajstić information content (AvgIpc) is 3.19. The maximum Gasteiger partial charge on any atom is 0.315 e. The van der Waals surface area contributed by atoms with E-state index < -0.39 is 0 Å². The first-order valence-corrected chi connectivity index (χ1v) is 9.76. The molecule has 0 aliphatic heterocycles. The van der Waals surface area contributed by atoms with Crippen LogP contribution in [0.1, 0.15) is 45.0 Å². The van der Waals surface area contributed by atoms with Gasteiger partial charge in [-0.2, -0.15) is 11.8 Å². The van der Waals surface area contributed by atoms with E-state index in [0.717, 1.165) is 24.3 Å². The second-order valence-electron chi connectivity index (χ2n) is 6.69. The van der Waals surface area contributed by atoms with E-state index in [9.17, 15) is 4.79 Å². The number of amides is 2. The Bertz CT molecular complexity index is 701. The van der Waals surface area contributed by atoms with Crippen molar-refractivity contribution in [2.75, 3.05) is 6.26 Å². The van der Waals surface area contributed by atoms with Crippen LogP contribution >= 0.6 is 11.8 Å². The second kappa shape index (κ2) is 7.42. The zero-order valence-electron chi connectivity index (χ0n) is 14.4. The molecule has 1 aliphatic carbocycles. The van der Waals surface area contributed by atoms with Crippen molar-refractivity contribution in [2.24, 2.45) is 5.92 Å². The van der Waals surface area contributed by atoms with E-state index in [1.165, 1.54) is 6.42 Å². The highest BCUT2D eigenvalue weighted by Gasteiger charge is 2.28. The van der Waals surface area contributed by atoms with Gasteiger partial charge in [0.05, 0.1) is 6.04 Å². The Morgan fingerprint density at radius 1 is 1.33 bits per heavy atom. The molecule has 1 saturated carbocycles. The molecule has 0 saturated heterocycles. The third-order valence-electron chi connectivity index (χ3n) is 4.62. The Hall–Kier alpha value is -1.76. The molecule has 0 spiro atoms. The molecule has 130 valence electrons. The van der Waals surface area contributed by atoms with E-state index in [1.807, 2.05) is 40.6 Å². The Labute approximate surface area is 146 Å². The largest absolute Gasteiger partial charge is 0.335 e. The lowest BCUT2D eigenvalue weighted by atomic mass is 10.0. The summed E-state index contributed by atoms with van der Waals surface area (Å²) in [5.41, 5.74) is 0.791. The first-order valence-electron chi connectivity index (χ1n) is 8.48. The molecule has 3 atom stereocenters. The number of hydrogen-bond acceptors (Lipinski definition) is 4. The molecule has 24 heavy (non-hydrogen) atoms. The summed E-state index contributed by atoms with van der Waals surface area (Å²) in [7, 11) is 0. The van der Waals surface area contributed by atoms with E-state index in [-0.39, 0.29) is 24.0 Å². The first kappa shape index (κ1) is 17.1. The van der Waals surface area contributed by atoms with Crippen molar-refractivity contribution in [3.8, 4) is 0 Å². The van der Waals surface area contributed by atoms with Crippen molar-refractivity contribution in [1.82, 2.24) is 25.2 Å². The molecule has 2 heterocycles. The van der Waals surface area contributed by atoms with Gasteiger partial charge >= 0.3 is 6.03 Å². The van der Waals surface area contributed by atoms with Gasteiger partial charge in [-0.3, -0.25) is 4.40 Å². The smallest absolute Gasteiger partial charge is 0.315 e. The number of fused-ring (bicyclic) bond motifs is 1. The number of carbonyl (C=O) groups excluding carboxylic acids is 1. The molecule has 3 rings (SSSR count). The molecule has 2 N–H and O–H groups in total. The molecular formula is C17H25N5OS. The van der Waals surface area contributed by atoms with Gasteiger partial charge in [-0.25, -0.2) is 4.79 Å². The lowest BCUT2D eigenvalue weighted by molar-refractivity contribution is 0.228. The quantitative estimate of drug-likeness (QED) is 0.872. The lowest BCUT2D eigenvalue weighted by Gasteiger charge is -2.22. The van der Waals surface area contributed by atoms with Crippen LogP contribution in [0.3, 0.4) is 0 Å². The maximum atomic E-state index is 12.5. The molecule has 7 heteroatoms. The van der Waals surface area contributed by atoms with Crippen molar-refractivity contribution in [3.63, 3.8) is 0 Å². The minimum Gasteiger partial charge on any atom is -0.335 e. The van der Waals surface area contributed by atoms with Gasteiger partial charge in [-0.1, -0.05) is 19.9 Å². The van der Waals surface area contributed by atoms with Crippen LogP contribution in [-0.2, 0) is 0 Å². The van der Waals surface area contributed by atoms with Crippen molar-refractivity contribution >= 4 is 23.4 Å². The summed E-state index contributed by atoms with van der Waals surface area (Å²) in [5, 5.41) is 15.4. The van der Waals surface area contributed by atoms with Gasteiger partial charge in [0.15, 0.2) is 11.5 Å². The Balaban J connectivity index is 1.69. The number of rotatable bonds is 5. The van der Waals surface area contributed by atoms with Crippen molar-refractivity contribution < 1.29 is 4.79 Å². The van der Waals surface area contributed by atoms with Gasteiger partial charge < -0.3 is 10.6 Å². The predicted octanol–water partition coefficient (Wildman–Crippen LogP) is 3.01. The number of pyridine rings is 1. The standard InChI is InChI=1S/C17H25N5OS/c1-11(2)15(16-21-20-14-6-4-5-9-22(14)16)19-17(23)18-12-7-8-13(10-12)24-3/h4-6,9,11-13,15H,7-8,10H2,1-3H3,(H2,18,19,23). The van der Waals surface area contributed by atoms with Crippen LogP contribution in [0, 0.1) is 5.92 Å². The number of nitrogens with zero attached hydrogens (tertiary/aromatic N) is 3.